The van der Waals surface area contributed by atoms with E-state index in [0.29, 0.717) is 19.3 Å². The fraction of sp³-hybridized carbons (Fsp3) is 0.857. The van der Waals surface area contributed by atoms with Crippen molar-refractivity contribution < 1.29 is 34.3 Å². The van der Waals surface area contributed by atoms with E-state index in [4.69, 9.17) is 19.3 Å². The average molecular weight is 405 g/mol. The number of ether oxygens (including phenoxy) is 3. The molecule has 0 aliphatic carbocycles. The van der Waals surface area contributed by atoms with Crippen molar-refractivity contribution in [1.82, 2.24) is 0 Å². The van der Waals surface area contributed by atoms with Crippen molar-refractivity contribution in [1.29, 1.82) is 0 Å². The number of methoxy groups -OCH3 is 3. The van der Waals surface area contributed by atoms with Crippen molar-refractivity contribution in [2.24, 2.45) is 17.8 Å². The molecule has 28 heavy (non-hydrogen) atoms. The van der Waals surface area contributed by atoms with Crippen molar-refractivity contribution in [3.63, 3.8) is 0 Å². The Morgan fingerprint density at radius 3 is 1.86 bits per heavy atom. The molecule has 0 aromatic heterocycles. The second-order valence-electron chi connectivity index (χ2n) is 7.87. The van der Waals surface area contributed by atoms with Gasteiger partial charge in [-0.15, -0.1) is 0 Å². The van der Waals surface area contributed by atoms with Crippen molar-refractivity contribution in [3.8, 4) is 0 Å². The van der Waals surface area contributed by atoms with Crippen LogP contribution >= 0.6 is 0 Å². The summed E-state index contributed by atoms with van der Waals surface area (Å²) >= 11 is 0. The van der Waals surface area contributed by atoms with Crippen LogP contribution in [0.1, 0.15) is 47.0 Å². The number of aliphatic carboxylic acids is 1. The van der Waals surface area contributed by atoms with Crippen LogP contribution in [-0.4, -0.2) is 73.1 Å². The summed E-state index contributed by atoms with van der Waals surface area (Å²) < 4.78 is 16.7. The molecule has 0 spiro atoms. The molecular weight excluding hydrogens is 364 g/mol. The van der Waals surface area contributed by atoms with Gasteiger partial charge in [-0.2, -0.15) is 0 Å². The molecule has 0 radical (unpaired) electrons. The molecule has 0 aromatic carbocycles. The number of aliphatic hydroxyl groups is 2. The van der Waals surface area contributed by atoms with Gasteiger partial charge in [-0.05, 0) is 12.3 Å². The maximum Gasteiger partial charge on any atom is 0.327 e. The van der Waals surface area contributed by atoms with E-state index in [1.54, 1.807) is 27.4 Å². The molecule has 7 atom stereocenters. The quantitative estimate of drug-likeness (QED) is 0.360. The Labute approximate surface area is 169 Å². The second-order valence-corrected chi connectivity index (χ2v) is 7.87. The third kappa shape index (κ3) is 9.47. The Morgan fingerprint density at radius 1 is 0.893 bits per heavy atom. The van der Waals surface area contributed by atoms with Gasteiger partial charge < -0.3 is 29.5 Å². The van der Waals surface area contributed by atoms with Crippen LogP contribution < -0.4 is 0 Å². The number of carbonyl (C=O) groups is 1. The molecule has 0 fully saturated rings. The summed E-state index contributed by atoms with van der Waals surface area (Å²) in [5.41, 5.74) is 0. The third-order valence-corrected chi connectivity index (χ3v) is 5.57. The Morgan fingerprint density at radius 2 is 1.43 bits per heavy atom. The molecule has 0 heterocycles. The largest absolute Gasteiger partial charge is 0.478 e. The van der Waals surface area contributed by atoms with Gasteiger partial charge in [0.2, 0.25) is 0 Å². The van der Waals surface area contributed by atoms with Crippen LogP contribution in [-0.2, 0) is 19.0 Å². The van der Waals surface area contributed by atoms with E-state index in [9.17, 15) is 15.0 Å². The van der Waals surface area contributed by atoms with Gasteiger partial charge in [-0.25, -0.2) is 4.79 Å². The molecule has 3 N–H and O–H groups in total. The molecule has 0 saturated heterocycles. The Kier molecular flexibility index (Phi) is 13.6. The molecule has 166 valence electrons. The van der Waals surface area contributed by atoms with E-state index in [-0.39, 0.29) is 36.1 Å². The minimum Gasteiger partial charge on any atom is -0.478 e. The number of hydrogen-bond donors (Lipinski definition) is 3. The molecule has 0 aliphatic rings. The van der Waals surface area contributed by atoms with E-state index in [2.05, 4.69) is 0 Å². The van der Waals surface area contributed by atoms with Gasteiger partial charge in [0.15, 0.2) is 0 Å². The minimum absolute atomic E-state index is 0.0332. The number of hydrogen-bond acceptors (Lipinski definition) is 6. The zero-order chi connectivity index (χ0) is 21.9. The zero-order valence-corrected chi connectivity index (χ0v) is 18.4. The lowest BCUT2D eigenvalue weighted by atomic mass is 9.84. The molecule has 0 rings (SSSR count). The van der Waals surface area contributed by atoms with E-state index in [0.717, 1.165) is 6.08 Å². The highest BCUT2D eigenvalue weighted by Crippen LogP contribution is 2.27. The standard InChI is InChI=1S/C21H40O7/c1-13(2)21(25)14(3)17(22)12-19(28-7)15(4)18(27-6)11-16(26-5)9-8-10-20(23)24/h8,10,13-19,21-22,25H,9,11-12H2,1-7H3,(H,23,24)/b10-8+/t14-,15-,16-,17-,18-,19+,21+/m0/s1. The molecule has 0 saturated carbocycles. The van der Waals surface area contributed by atoms with E-state index in [1.165, 1.54) is 0 Å². The van der Waals surface area contributed by atoms with Crippen molar-refractivity contribution >= 4 is 5.97 Å². The van der Waals surface area contributed by atoms with Crippen LogP contribution in [0.3, 0.4) is 0 Å². The number of carboxylic acids is 1. The van der Waals surface area contributed by atoms with Crippen LogP contribution in [0.25, 0.3) is 0 Å². The average Bonchev–Trinajstić information content (AvgIpc) is 2.66. The first kappa shape index (κ1) is 27.0. The molecule has 0 unspecified atom stereocenters. The number of aliphatic hydroxyl groups excluding tert-OH is 2. The molecule has 0 aromatic rings. The predicted octanol–water partition coefficient (Wildman–Crippen LogP) is 2.49. The Bertz CT molecular complexity index is 452. The van der Waals surface area contributed by atoms with Crippen molar-refractivity contribution in [3.05, 3.63) is 12.2 Å². The highest BCUT2D eigenvalue weighted by molar-refractivity contribution is 5.79. The summed E-state index contributed by atoms with van der Waals surface area (Å²) in [4.78, 5) is 10.6. The second kappa shape index (κ2) is 14.1. The maximum atomic E-state index is 10.6. The zero-order valence-electron chi connectivity index (χ0n) is 18.4. The summed E-state index contributed by atoms with van der Waals surface area (Å²) in [5, 5.41) is 29.5. The van der Waals surface area contributed by atoms with Gasteiger partial charge in [0.1, 0.15) is 0 Å². The first-order valence-corrected chi connectivity index (χ1v) is 9.92. The third-order valence-electron chi connectivity index (χ3n) is 5.57. The molecule has 7 nitrogen and oxygen atoms in total. The van der Waals surface area contributed by atoms with E-state index < -0.39 is 18.2 Å². The van der Waals surface area contributed by atoms with Gasteiger partial charge >= 0.3 is 5.97 Å². The lowest BCUT2D eigenvalue weighted by molar-refractivity contribution is -0.131. The van der Waals surface area contributed by atoms with Crippen molar-refractivity contribution in [2.45, 2.75) is 77.5 Å². The number of rotatable bonds is 15. The molecular formula is C21H40O7. The summed E-state index contributed by atoms with van der Waals surface area (Å²) in [5.74, 6) is -1.22. The van der Waals surface area contributed by atoms with Crippen LogP contribution in [0.15, 0.2) is 12.2 Å². The summed E-state index contributed by atoms with van der Waals surface area (Å²) in [6.45, 7) is 7.69. The first-order valence-electron chi connectivity index (χ1n) is 9.92. The predicted molar refractivity (Wildman–Crippen MR) is 108 cm³/mol. The van der Waals surface area contributed by atoms with E-state index in [1.807, 2.05) is 27.7 Å². The SMILES string of the molecule is CO[C@@H](C/C=C/C(=O)O)C[C@H](OC)[C@H](C)[C@@H](C[C@H](O)[C@H](C)[C@H](O)C(C)C)OC. The first-order chi connectivity index (χ1) is 13.1. The molecule has 0 amide bonds. The van der Waals surface area contributed by atoms with Gasteiger partial charge in [0.25, 0.3) is 0 Å². The van der Waals surface area contributed by atoms with Gasteiger partial charge in [-0.1, -0.05) is 33.8 Å². The Hall–Kier alpha value is -0.990. The van der Waals surface area contributed by atoms with Crippen molar-refractivity contribution in [2.75, 3.05) is 21.3 Å². The summed E-state index contributed by atoms with van der Waals surface area (Å²) in [6.07, 6.45) is 2.18. The normalized spacial score (nSPS) is 19.9. The summed E-state index contributed by atoms with van der Waals surface area (Å²) in [6, 6.07) is 0. The topological polar surface area (TPSA) is 105 Å². The molecule has 0 bridgehead atoms. The molecule has 7 heteroatoms. The van der Waals surface area contributed by atoms with Crippen LogP contribution in [0.5, 0.6) is 0 Å². The lowest BCUT2D eigenvalue weighted by Gasteiger charge is -2.34. The van der Waals surface area contributed by atoms with Crippen LogP contribution in [0, 0.1) is 17.8 Å². The smallest absolute Gasteiger partial charge is 0.327 e. The highest BCUT2D eigenvalue weighted by Gasteiger charge is 2.33. The minimum atomic E-state index is -0.988. The monoisotopic (exact) mass is 404 g/mol. The van der Waals surface area contributed by atoms with Crippen LogP contribution in [0.2, 0.25) is 0 Å². The molecule has 0 aliphatic heterocycles. The fourth-order valence-corrected chi connectivity index (χ4v) is 3.45. The van der Waals surface area contributed by atoms with Gasteiger partial charge in [-0.3, -0.25) is 0 Å². The van der Waals surface area contributed by atoms with Gasteiger partial charge in [0.05, 0.1) is 30.5 Å². The Balaban J connectivity index is 4.97. The maximum absolute atomic E-state index is 10.6. The lowest BCUT2D eigenvalue weighted by Crippen LogP contribution is -2.40. The summed E-state index contributed by atoms with van der Waals surface area (Å²) in [7, 11) is 4.81. The van der Waals surface area contributed by atoms with E-state index >= 15 is 0 Å². The highest BCUT2D eigenvalue weighted by atomic mass is 16.5. The van der Waals surface area contributed by atoms with Gasteiger partial charge in [0, 0.05) is 52.1 Å². The number of carboxylic acid groups (broad SMARTS) is 1. The fourth-order valence-electron chi connectivity index (χ4n) is 3.45. The van der Waals surface area contributed by atoms with Crippen LogP contribution in [0.4, 0.5) is 0 Å².